The van der Waals surface area contributed by atoms with Crippen LogP contribution in [-0.4, -0.2) is 9.97 Å². The molecule has 3 rings (SSSR count). The Labute approximate surface area is 225 Å². The van der Waals surface area contributed by atoms with Crippen LogP contribution in [0.25, 0.3) is 0 Å². The van der Waals surface area contributed by atoms with E-state index in [4.69, 9.17) is 9.97 Å². The molecule has 2 heteroatoms. The van der Waals surface area contributed by atoms with Gasteiger partial charge in [-0.05, 0) is 61.8 Å². The van der Waals surface area contributed by atoms with Gasteiger partial charge in [0.1, 0.15) is 5.82 Å². The van der Waals surface area contributed by atoms with Crippen molar-refractivity contribution >= 4 is 0 Å². The van der Waals surface area contributed by atoms with Crippen LogP contribution >= 0.6 is 0 Å². The monoisotopic (exact) mass is 496 g/mol. The predicted octanol–water partition coefficient (Wildman–Crippen LogP) is 11.0. The van der Waals surface area contributed by atoms with Gasteiger partial charge in [-0.3, -0.25) is 0 Å². The van der Waals surface area contributed by atoms with Gasteiger partial charge in [-0.1, -0.05) is 129 Å². The van der Waals surface area contributed by atoms with Crippen LogP contribution in [0.1, 0.15) is 179 Å². The third kappa shape index (κ3) is 11.6. The van der Waals surface area contributed by atoms with Crippen molar-refractivity contribution in [1.29, 1.82) is 0 Å². The first-order valence-electron chi connectivity index (χ1n) is 16.6. The summed E-state index contributed by atoms with van der Waals surface area (Å²) in [6.07, 6.45) is 38.2. The molecule has 2 aliphatic carbocycles. The maximum Gasteiger partial charge on any atom is 0.131 e. The second-order valence-corrected chi connectivity index (χ2v) is 12.7. The zero-order valence-electron chi connectivity index (χ0n) is 24.3. The molecule has 0 bridgehead atoms. The normalized spacial score (nSPS) is 24.7. The van der Waals surface area contributed by atoms with Gasteiger partial charge in [0, 0.05) is 18.3 Å². The molecule has 2 saturated carbocycles. The Hall–Kier alpha value is -0.920. The molecule has 206 valence electrons. The molecule has 36 heavy (non-hydrogen) atoms. The van der Waals surface area contributed by atoms with Crippen molar-refractivity contribution in [3.8, 4) is 0 Å². The molecular weight excluding hydrogens is 436 g/mol. The molecular formula is C34H60N2. The molecule has 0 unspecified atom stereocenters. The molecule has 1 heterocycles. The van der Waals surface area contributed by atoms with E-state index in [-0.39, 0.29) is 0 Å². The lowest BCUT2D eigenvalue weighted by molar-refractivity contribution is 0.222. The molecule has 0 spiro atoms. The molecule has 0 saturated heterocycles. The van der Waals surface area contributed by atoms with Crippen LogP contribution in [0.4, 0.5) is 0 Å². The predicted molar refractivity (Wildman–Crippen MR) is 156 cm³/mol. The number of aromatic nitrogens is 2. The average molecular weight is 497 g/mol. The summed E-state index contributed by atoms with van der Waals surface area (Å²) in [6, 6.07) is 0. The van der Waals surface area contributed by atoms with E-state index in [1.54, 1.807) is 0 Å². The average Bonchev–Trinajstić information content (AvgIpc) is 2.93. The maximum absolute atomic E-state index is 4.83. The van der Waals surface area contributed by atoms with E-state index in [2.05, 4.69) is 26.2 Å². The molecule has 2 fully saturated rings. The Morgan fingerprint density at radius 3 is 1.50 bits per heavy atom. The molecule has 1 aromatic heterocycles. The fraction of sp³-hybridized carbons (Fsp3) is 0.882. The lowest BCUT2D eigenvalue weighted by Crippen LogP contribution is -2.18. The first-order chi connectivity index (χ1) is 17.8. The van der Waals surface area contributed by atoms with Crippen molar-refractivity contribution < 1.29 is 0 Å². The SMILES string of the molecule is CCCCCCCCCCCCc1cnc(C2CCC(CC[C@H]3CC[C@H](CCCC)CC3)CC2)nc1. The lowest BCUT2D eigenvalue weighted by Gasteiger charge is -2.31. The van der Waals surface area contributed by atoms with Crippen LogP contribution in [0.3, 0.4) is 0 Å². The smallest absolute Gasteiger partial charge is 0.131 e. The van der Waals surface area contributed by atoms with Gasteiger partial charge in [0.25, 0.3) is 0 Å². The van der Waals surface area contributed by atoms with E-state index < -0.39 is 0 Å². The van der Waals surface area contributed by atoms with Crippen molar-refractivity contribution in [3.05, 3.63) is 23.8 Å². The third-order valence-corrected chi connectivity index (χ3v) is 9.67. The van der Waals surface area contributed by atoms with E-state index >= 15 is 0 Å². The summed E-state index contributed by atoms with van der Waals surface area (Å²) in [6.45, 7) is 4.63. The quantitative estimate of drug-likeness (QED) is 0.189. The zero-order valence-corrected chi connectivity index (χ0v) is 24.3. The van der Waals surface area contributed by atoms with Crippen LogP contribution in [0.15, 0.2) is 12.4 Å². The fourth-order valence-corrected chi connectivity index (χ4v) is 7.00. The van der Waals surface area contributed by atoms with E-state index in [1.807, 2.05) is 0 Å². The summed E-state index contributed by atoms with van der Waals surface area (Å²) >= 11 is 0. The summed E-state index contributed by atoms with van der Waals surface area (Å²) < 4.78 is 0. The zero-order chi connectivity index (χ0) is 25.3. The molecule has 0 aliphatic heterocycles. The van der Waals surface area contributed by atoms with E-state index in [1.165, 1.54) is 153 Å². The number of unbranched alkanes of at least 4 members (excludes halogenated alkanes) is 10. The van der Waals surface area contributed by atoms with Gasteiger partial charge in [0.05, 0.1) is 0 Å². The highest BCUT2D eigenvalue weighted by molar-refractivity contribution is 5.08. The standard InChI is InChI=1S/C34H60N2/c1-3-5-7-8-9-10-11-12-13-14-16-32-27-35-34(36-28-32)33-25-23-31(24-26-33)22-21-30-19-17-29(18-20-30)15-6-4-2/h27-31,33H,3-26H2,1-2H3/t29-,30-,31?,33?. The number of rotatable bonds is 18. The Morgan fingerprint density at radius 2 is 0.972 bits per heavy atom. The van der Waals surface area contributed by atoms with Gasteiger partial charge < -0.3 is 0 Å². The summed E-state index contributed by atoms with van der Waals surface area (Å²) in [4.78, 5) is 9.66. The second-order valence-electron chi connectivity index (χ2n) is 12.7. The van der Waals surface area contributed by atoms with Gasteiger partial charge in [-0.15, -0.1) is 0 Å². The molecule has 0 radical (unpaired) electrons. The summed E-state index contributed by atoms with van der Waals surface area (Å²) in [5.41, 5.74) is 1.34. The van der Waals surface area contributed by atoms with Gasteiger partial charge >= 0.3 is 0 Å². The molecule has 0 aromatic carbocycles. The topological polar surface area (TPSA) is 25.8 Å². The largest absolute Gasteiger partial charge is 0.241 e. The van der Waals surface area contributed by atoms with Crippen molar-refractivity contribution in [2.45, 2.75) is 174 Å². The van der Waals surface area contributed by atoms with E-state index in [0.717, 1.165) is 30.0 Å². The molecule has 2 nitrogen and oxygen atoms in total. The number of hydrogen-bond donors (Lipinski definition) is 0. The maximum atomic E-state index is 4.83. The Morgan fingerprint density at radius 1 is 0.528 bits per heavy atom. The molecule has 0 atom stereocenters. The van der Waals surface area contributed by atoms with Crippen molar-refractivity contribution in [1.82, 2.24) is 9.97 Å². The lowest BCUT2D eigenvalue weighted by atomic mass is 9.75. The Balaban J connectivity index is 1.21. The first kappa shape index (κ1) is 29.6. The number of nitrogens with zero attached hydrogens (tertiary/aromatic N) is 2. The Kier molecular flexibility index (Phi) is 15.1. The minimum absolute atomic E-state index is 0.613. The Bertz CT molecular complexity index is 638. The first-order valence-corrected chi connectivity index (χ1v) is 16.6. The number of hydrogen-bond acceptors (Lipinski definition) is 2. The van der Waals surface area contributed by atoms with Gasteiger partial charge in [-0.2, -0.15) is 0 Å². The van der Waals surface area contributed by atoms with Crippen LogP contribution in [0.2, 0.25) is 0 Å². The van der Waals surface area contributed by atoms with Crippen molar-refractivity contribution in [2.75, 3.05) is 0 Å². The molecule has 1 aromatic rings. The van der Waals surface area contributed by atoms with Crippen LogP contribution < -0.4 is 0 Å². The van der Waals surface area contributed by atoms with Crippen LogP contribution in [0, 0.1) is 17.8 Å². The summed E-state index contributed by atoms with van der Waals surface area (Å²) in [7, 11) is 0. The second kappa shape index (κ2) is 18.4. The van der Waals surface area contributed by atoms with Crippen LogP contribution in [-0.2, 0) is 6.42 Å². The molecule has 0 amide bonds. The number of aryl methyl sites for hydroxylation is 1. The van der Waals surface area contributed by atoms with E-state index in [9.17, 15) is 0 Å². The van der Waals surface area contributed by atoms with E-state index in [0.29, 0.717) is 5.92 Å². The van der Waals surface area contributed by atoms with Gasteiger partial charge in [-0.25, -0.2) is 9.97 Å². The summed E-state index contributed by atoms with van der Waals surface area (Å²) in [5, 5.41) is 0. The van der Waals surface area contributed by atoms with Gasteiger partial charge in [0.15, 0.2) is 0 Å². The minimum atomic E-state index is 0.613. The van der Waals surface area contributed by atoms with Crippen LogP contribution in [0.5, 0.6) is 0 Å². The fourth-order valence-electron chi connectivity index (χ4n) is 7.00. The highest BCUT2D eigenvalue weighted by atomic mass is 14.9. The van der Waals surface area contributed by atoms with Gasteiger partial charge in [0.2, 0.25) is 0 Å². The van der Waals surface area contributed by atoms with Crippen molar-refractivity contribution in [2.24, 2.45) is 17.8 Å². The molecule has 2 aliphatic rings. The highest BCUT2D eigenvalue weighted by Gasteiger charge is 2.26. The molecule has 0 N–H and O–H groups in total. The highest BCUT2D eigenvalue weighted by Crippen LogP contribution is 2.39. The third-order valence-electron chi connectivity index (χ3n) is 9.67. The van der Waals surface area contributed by atoms with Crippen molar-refractivity contribution in [3.63, 3.8) is 0 Å². The summed E-state index contributed by atoms with van der Waals surface area (Å²) in [5.74, 6) is 4.80. The minimum Gasteiger partial charge on any atom is -0.241 e.